The minimum atomic E-state index is -0.0399. The maximum Gasteiger partial charge on any atom is 0.317 e. The summed E-state index contributed by atoms with van der Waals surface area (Å²) in [5.41, 5.74) is 1.21. The Balaban J connectivity index is 1.28. The zero-order valence-corrected chi connectivity index (χ0v) is 17.2. The molecule has 0 spiro atoms. The highest BCUT2D eigenvalue weighted by Gasteiger charge is 2.24. The third-order valence-corrected chi connectivity index (χ3v) is 7.03. The summed E-state index contributed by atoms with van der Waals surface area (Å²) < 4.78 is 2.34. The van der Waals surface area contributed by atoms with Crippen molar-refractivity contribution in [1.29, 1.82) is 0 Å². The first-order chi connectivity index (χ1) is 13.7. The van der Waals surface area contributed by atoms with Gasteiger partial charge < -0.3 is 15.1 Å². The van der Waals surface area contributed by atoms with E-state index in [9.17, 15) is 9.59 Å². The second-order valence-electron chi connectivity index (χ2n) is 6.86. The molecule has 7 heteroatoms. The number of benzene rings is 1. The molecule has 3 amide bonds. The summed E-state index contributed by atoms with van der Waals surface area (Å²) in [6.45, 7) is 3.14. The van der Waals surface area contributed by atoms with Gasteiger partial charge in [0.15, 0.2) is 0 Å². The van der Waals surface area contributed by atoms with E-state index < -0.39 is 0 Å². The number of amides is 3. The van der Waals surface area contributed by atoms with Gasteiger partial charge in [-0.3, -0.25) is 4.79 Å². The molecule has 3 heterocycles. The van der Waals surface area contributed by atoms with Gasteiger partial charge in [0.1, 0.15) is 0 Å². The SMILES string of the molecule is O=C(NCCc1ccccc1)N1CCCN(C(=O)c2cc3sccc3s2)CC1. The summed E-state index contributed by atoms with van der Waals surface area (Å²) in [5, 5.41) is 5.06. The fourth-order valence-corrected chi connectivity index (χ4v) is 5.50. The normalized spacial score (nSPS) is 14.9. The molecule has 1 N–H and O–H groups in total. The number of hydrogen-bond donors (Lipinski definition) is 1. The smallest absolute Gasteiger partial charge is 0.317 e. The first-order valence-corrected chi connectivity index (χ1v) is 11.2. The average Bonchev–Trinajstić information content (AvgIpc) is 3.22. The van der Waals surface area contributed by atoms with Crippen LogP contribution in [0.5, 0.6) is 0 Å². The van der Waals surface area contributed by atoms with Crippen molar-refractivity contribution in [2.24, 2.45) is 0 Å². The molecule has 28 heavy (non-hydrogen) atoms. The van der Waals surface area contributed by atoms with Crippen LogP contribution in [0.1, 0.15) is 21.7 Å². The molecule has 1 fully saturated rings. The van der Waals surface area contributed by atoms with Crippen LogP contribution >= 0.6 is 22.7 Å². The first-order valence-electron chi connectivity index (χ1n) is 9.54. The van der Waals surface area contributed by atoms with Crippen LogP contribution < -0.4 is 5.32 Å². The molecule has 0 unspecified atom stereocenters. The number of carbonyl (C=O) groups is 2. The number of nitrogens with zero attached hydrogens (tertiary/aromatic N) is 2. The van der Waals surface area contributed by atoms with E-state index in [2.05, 4.69) is 28.9 Å². The molecule has 5 nitrogen and oxygen atoms in total. The number of fused-ring (bicyclic) bond motifs is 1. The Kier molecular flexibility index (Phi) is 5.92. The van der Waals surface area contributed by atoms with Gasteiger partial charge in [0.25, 0.3) is 5.91 Å². The molecule has 146 valence electrons. The Morgan fingerprint density at radius 3 is 2.57 bits per heavy atom. The predicted octanol–water partition coefficient (Wildman–Crippen LogP) is 4.06. The topological polar surface area (TPSA) is 52.7 Å². The molecule has 1 saturated heterocycles. The van der Waals surface area contributed by atoms with Crippen molar-refractivity contribution >= 4 is 44.0 Å². The average molecular weight is 414 g/mol. The lowest BCUT2D eigenvalue weighted by Crippen LogP contribution is -2.43. The van der Waals surface area contributed by atoms with E-state index in [4.69, 9.17) is 0 Å². The highest BCUT2D eigenvalue weighted by atomic mass is 32.1. The molecular weight excluding hydrogens is 390 g/mol. The van der Waals surface area contributed by atoms with E-state index >= 15 is 0 Å². The number of hydrogen-bond acceptors (Lipinski definition) is 4. The van der Waals surface area contributed by atoms with Gasteiger partial charge in [-0.05, 0) is 35.9 Å². The quantitative estimate of drug-likeness (QED) is 0.701. The lowest BCUT2D eigenvalue weighted by molar-refractivity contribution is 0.0767. The summed E-state index contributed by atoms with van der Waals surface area (Å²) in [5.74, 6) is 0.0831. The predicted molar refractivity (Wildman–Crippen MR) is 115 cm³/mol. The number of thiophene rings is 2. The van der Waals surface area contributed by atoms with E-state index in [1.165, 1.54) is 15.0 Å². The van der Waals surface area contributed by atoms with Crippen molar-refractivity contribution in [3.63, 3.8) is 0 Å². The third kappa shape index (κ3) is 4.36. The van der Waals surface area contributed by atoms with Gasteiger partial charge in [-0.15, -0.1) is 22.7 Å². The van der Waals surface area contributed by atoms with Crippen molar-refractivity contribution in [2.45, 2.75) is 12.8 Å². The lowest BCUT2D eigenvalue weighted by Gasteiger charge is -2.22. The first kappa shape index (κ1) is 19.0. The van der Waals surface area contributed by atoms with Gasteiger partial charge in [0.05, 0.1) is 4.88 Å². The highest BCUT2D eigenvalue weighted by molar-refractivity contribution is 7.27. The van der Waals surface area contributed by atoms with Crippen LogP contribution in [0.3, 0.4) is 0 Å². The van der Waals surface area contributed by atoms with Gasteiger partial charge in [0.2, 0.25) is 0 Å². The minimum absolute atomic E-state index is 0.0399. The standard InChI is InChI=1S/C21H23N3O2S2/c25-20(19-15-18-17(28-19)8-14-27-18)23-10-4-11-24(13-12-23)21(26)22-9-7-16-5-2-1-3-6-16/h1-3,5-6,8,14-15H,4,7,9-13H2,(H,22,26). The van der Waals surface area contributed by atoms with Crippen LogP contribution in [0.15, 0.2) is 47.8 Å². The Hall–Kier alpha value is -2.38. The van der Waals surface area contributed by atoms with E-state index in [1.807, 2.05) is 34.1 Å². The molecular formula is C21H23N3O2S2. The summed E-state index contributed by atoms with van der Waals surface area (Å²) in [6, 6.07) is 14.2. The summed E-state index contributed by atoms with van der Waals surface area (Å²) in [4.78, 5) is 29.8. The maximum absolute atomic E-state index is 12.8. The Morgan fingerprint density at radius 1 is 0.964 bits per heavy atom. The largest absolute Gasteiger partial charge is 0.338 e. The number of nitrogens with one attached hydrogen (secondary N) is 1. The molecule has 3 aromatic rings. The summed E-state index contributed by atoms with van der Waals surface area (Å²) in [6.07, 6.45) is 1.62. The Labute approximate surface area is 172 Å². The van der Waals surface area contributed by atoms with E-state index in [-0.39, 0.29) is 11.9 Å². The molecule has 0 saturated carbocycles. The molecule has 0 radical (unpaired) electrons. The fourth-order valence-electron chi connectivity index (χ4n) is 3.42. The number of urea groups is 1. The lowest BCUT2D eigenvalue weighted by atomic mass is 10.1. The van der Waals surface area contributed by atoms with Crippen LogP contribution in [0.4, 0.5) is 4.79 Å². The number of rotatable bonds is 4. The Bertz CT molecular complexity index is 922. The van der Waals surface area contributed by atoms with Crippen LogP contribution in [0.25, 0.3) is 9.40 Å². The van der Waals surface area contributed by atoms with Gasteiger partial charge in [-0.25, -0.2) is 4.79 Å². The van der Waals surface area contributed by atoms with Crippen molar-refractivity contribution < 1.29 is 9.59 Å². The van der Waals surface area contributed by atoms with E-state index in [1.54, 1.807) is 22.7 Å². The zero-order chi connectivity index (χ0) is 19.3. The number of carbonyl (C=O) groups excluding carboxylic acids is 2. The van der Waals surface area contributed by atoms with Gasteiger partial charge in [-0.1, -0.05) is 30.3 Å². The molecule has 0 bridgehead atoms. The molecule has 4 rings (SSSR count). The van der Waals surface area contributed by atoms with Crippen LogP contribution in [-0.2, 0) is 6.42 Å². The minimum Gasteiger partial charge on any atom is -0.338 e. The second kappa shape index (κ2) is 8.75. The van der Waals surface area contributed by atoms with Crippen molar-refractivity contribution in [2.75, 3.05) is 32.7 Å². The second-order valence-corrected chi connectivity index (χ2v) is 8.89. The fraction of sp³-hybridized carbons (Fsp3) is 0.333. The molecule has 1 aliphatic heterocycles. The van der Waals surface area contributed by atoms with Gasteiger partial charge in [-0.2, -0.15) is 0 Å². The molecule has 2 aromatic heterocycles. The van der Waals surface area contributed by atoms with Gasteiger partial charge in [0, 0.05) is 42.1 Å². The van der Waals surface area contributed by atoms with Crippen molar-refractivity contribution in [3.8, 4) is 0 Å². The van der Waals surface area contributed by atoms with Crippen LogP contribution in [0.2, 0.25) is 0 Å². The van der Waals surface area contributed by atoms with Crippen molar-refractivity contribution in [1.82, 2.24) is 15.1 Å². The Morgan fingerprint density at radius 2 is 1.75 bits per heavy atom. The van der Waals surface area contributed by atoms with E-state index in [0.717, 1.165) is 17.7 Å². The van der Waals surface area contributed by atoms with Crippen LogP contribution in [0, 0.1) is 0 Å². The zero-order valence-electron chi connectivity index (χ0n) is 15.6. The van der Waals surface area contributed by atoms with Crippen molar-refractivity contribution in [3.05, 3.63) is 58.3 Å². The summed E-state index contributed by atoms with van der Waals surface area (Å²) >= 11 is 3.22. The summed E-state index contributed by atoms with van der Waals surface area (Å²) in [7, 11) is 0. The molecule has 0 aliphatic carbocycles. The molecule has 1 aromatic carbocycles. The monoisotopic (exact) mass is 413 g/mol. The highest BCUT2D eigenvalue weighted by Crippen LogP contribution is 2.30. The van der Waals surface area contributed by atoms with E-state index in [0.29, 0.717) is 32.7 Å². The van der Waals surface area contributed by atoms with Crippen LogP contribution in [-0.4, -0.2) is 54.5 Å². The molecule has 1 aliphatic rings. The van der Waals surface area contributed by atoms with Gasteiger partial charge >= 0.3 is 6.03 Å². The molecule has 0 atom stereocenters. The maximum atomic E-state index is 12.8. The third-order valence-electron chi connectivity index (χ3n) is 4.95.